The van der Waals surface area contributed by atoms with Crippen LogP contribution in [-0.2, 0) is 0 Å². The van der Waals surface area contributed by atoms with E-state index in [0.29, 0.717) is 11.8 Å². The summed E-state index contributed by atoms with van der Waals surface area (Å²) in [5, 5.41) is 16.0. The largest absolute Gasteiger partial charge is 0.508 e. The Morgan fingerprint density at radius 3 is 2.57 bits per heavy atom. The Morgan fingerprint density at radius 1 is 0.946 bits per heavy atom. The lowest BCUT2D eigenvalue weighted by molar-refractivity contribution is -0.0352. The van der Waals surface area contributed by atoms with Crippen molar-refractivity contribution < 1.29 is 9.84 Å². The smallest absolute Gasteiger partial charge is 0.140 e. The van der Waals surface area contributed by atoms with Crippen LogP contribution >= 0.6 is 0 Å². The van der Waals surface area contributed by atoms with Gasteiger partial charge in [0.15, 0.2) is 0 Å². The quantitative estimate of drug-likeness (QED) is 0.210. The number of ether oxygens (including phenoxy) is 1. The van der Waals surface area contributed by atoms with Gasteiger partial charge in [-0.05, 0) is 77.7 Å². The molecule has 8 rings (SSSR count). The van der Waals surface area contributed by atoms with Gasteiger partial charge in [-0.15, -0.1) is 6.58 Å². The van der Waals surface area contributed by atoms with E-state index in [4.69, 9.17) is 4.74 Å². The Hall–Kier alpha value is -3.89. The summed E-state index contributed by atoms with van der Waals surface area (Å²) < 4.78 is 7.15. The summed E-state index contributed by atoms with van der Waals surface area (Å²) in [6.07, 6.45) is 6.07. The molecule has 0 amide bonds. The van der Waals surface area contributed by atoms with Gasteiger partial charge in [0, 0.05) is 29.1 Å². The molecule has 184 valence electrons. The number of piperidine rings is 3. The maximum atomic E-state index is 10.4. The topological polar surface area (TPSA) is 45.6 Å². The minimum Gasteiger partial charge on any atom is -0.508 e. The Kier molecular flexibility index (Phi) is 5.37. The second-order valence-electron chi connectivity index (χ2n) is 10.5. The molecule has 4 aromatic carbocycles. The summed E-state index contributed by atoms with van der Waals surface area (Å²) >= 11 is 0. The molecule has 5 aromatic rings. The van der Waals surface area contributed by atoms with E-state index in [2.05, 4.69) is 83.2 Å². The summed E-state index contributed by atoms with van der Waals surface area (Å²) in [4.78, 5) is 7.18. The van der Waals surface area contributed by atoms with E-state index in [1.165, 1.54) is 22.6 Å². The molecule has 3 unspecified atom stereocenters. The fourth-order valence-electron chi connectivity index (χ4n) is 6.70. The summed E-state index contributed by atoms with van der Waals surface area (Å²) in [7, 11) is 0. The van der Waals surface area contributed by atoms with Gasteiger partial charge in [-0.2, -0.15) is 0 Å². The number of hydrogen-bond acceptors (Lipinski definition) is 4. The minimum atomic E-state index is -0.203. The molecule has 3 aliphatic rings. The highest BCUT2D eigenvalue weighted by Gasteiger charge is 2.44. The summed E-state index contributed by atoms with van der Waals surface area (Å²) in [5.74, 6) is 2.29. The Labute approximate surface area is 216 Å². The zero-order chi connectivity index (χ0) is 24.9. The molecule has 3 fully saturated rings. The number of aromatic hydroxyl groups is 1. The monoisotopic (exact) mass is 486 g/mol. The van der Waals surface area contributed by atoms with Crippen molar-refractivity contribution in [1.82, 2.24) is 9.88 Å². The van der Waals surface area contributed by atoms with Gasteiger partial charge in [0.1, 0.15) is 17.6 Å². The summed E-state index contributed by atoms with van der Waals surface area (Å²) in [5.41, 5.74) is 1.94. The van der Waals surface area contributed by atoms with Crippen molar-refractivity contribution in [3.63, 3.8) is 0 Å². The molecular weight excluding hydrogens is 456 g/mol. The maximum Gasteiger partial charge on any atom is 0.140 e. The third-order valence-corrected chi connectivity index (χ3v) is 8.55. The van der Waals surface area contributed by atoms with Crippen molar-refractivity contribution >= 4 is 32.4 Å². The molecule has 1 aromatic heterocycles. The second kappa shape index (κ2) is 8.89. The van der Waals surface area contributed by atoms with E-state index in [9.17, 15) is 5.11 Å². The number of benzene rings is 4. The number of hydrogen-bond donors (Lipinski definition) is 1. The van der Waals surface area contributed by atoms with E-state index < -0.39 is 0 Å². The van der Waals surface area contributed by atoms with Crippen molar-refractivity contribution in [2.24, 2.45) is 11.8 Å². The number of phenolic OH excluding ortho intramolecular Hbond substituents is 1. The highest BCUT2D eigenvalue weighted by Crippen LogP contribution is 2.45. The average Bonchev–Trinajstić information content (AvgIpc) is 2.96. The molecule has 0 radical (unpaired) electrons. The van der Waals surface area contributed by atoms with E-state index in [1.807, 2.05) is 18.3 Å². The van der Waals surface area contributed by atoms with Crippen molar-refractivity contribution in [2.75, 3.05) is 13.1 Å². The second-order valence-corrected chi connectivity index (χ2v) is 10.5. The fourth-order valence-corrected chi connectivity index (χ4v) is 6.70. The van der Waals surface area contributed by atoms with Gasteiger partial charge in [-0.1, -0.05) is 54.6 Å². The lowest BCUT2D eigenvalue weighted by atomic mass is 9.73. The first kappa shape index (κ1) is 22.3. The first-order valence-electron chi connectivity index (χ1n) is 13.2. The first-order valence-corrected chi connectivity index (χ1v) is 13.2. The Morgan fingerprint density at radius 2 is 1.76 bits per heavy atom. The molecule has 1 N–H and O–H groups in total. The van der Waals surface area contributed by atoms with Gasteiger partial charge in [0.05, 0.1) is 11.6 Å². The zero-order valence-electron chi connectivity index (χ0n) is 20.8. The molecule has 0 saturated carbocycles. The van der Waals surface area contributed by atoms with E-state index in [-0.39, 0.29) is 17.9 Å². The van der Waals surface area contributed by atoms with E-state index >= 15 is 0 Å². The first-order chi connectivity index (χ1) is 18.2. The van der Waals surface area contributed by atoms with Crippen LogP contribution in [0.3, 0.4) is 0 Å². The predicted molar refractivity (Wildman–Crippen MR) is 150 cm³/mol. The number of aromatic nitrogens is 1. The van der Waals surface area contributed by atoms with Crippen LogP contribution in [0.2, 0.25) is 0 Å². The van der Waals surface area contributed by atoms with Crippen LogP contribution in [0, 0.1) is 11.8 Å². The third-order valence-electron chi connectivity index (χ3n) is 8.55. The van der Waals surface area contributed by atoms with Gasteiger partial charge in [0.2, 0.25) is 0 Å². The van der Waals surface area contributed by atoms with Gasteiger partial charge >= 0.3 is 0 Å². The Bertz CT molecular complexity index is 1640. The number of fused-ring (bicyclic) bond motifs is 7. The molecule has 4 nitrogen and oxygen atoms in total. The normalized spacial score (nSPS) is 23.9. The number of phenols is 1. The van der Waals surface area contributed by atoms with Crippen LogP contribution in [0.5, 0.6) is 11.5 Å². The molecule has 3 saturated heterocycles. The number of pyridine rings is 1. The van der Waals surface area contributed by atoms with Crippen molar-refractivity contribution in [3.8, 4) is 11.5 Å². The lowest BCUT2D eigenvalue weighted by Crippen LogP contribution is -2.55. The predicted octanol–water partition coefficient (Wildman–Crippen LogP) is 7.26. The summed E-state index contributed by atoms with van der Waals surface area (Å²) in [6.45, 7) is 6.21. The van der Waals surface area contributed by atoms with Gasteiger partial charge in [-0.3, -0.25) is 9.88 Å². The van der Waals surface area contributed by atoms with E-state index in [0.717, 1.165) is 47.1 Å². The van der Waals surface area contributed by atoms with Crippen molar-refractivity contribution in [2.45, 2.75) is 25.0 Å². The zero-order valence-corrected chi connectivity index (χ0v) is 20.8. The SMILES string of the molecule is C=C[C@H]1CN2CCC1C[C@H]2C(Oc1cc2ccccc2c2ccccc12)c1ccnc2ccc(O)cc12. The molecule has 0 spiro atoms. The molecular formula is C33H30N2O2. The molecule has 4 heteroatoms. The Balaban J connectivity index is 1.41. The molecule has 2 bridgehead atoms. The molecule has 4 heterocycles. The van der Waals surface area contributed by atoms with Gasteiger partial charge in [-0.25, -0.2) is 0 Å². The van der Waals surface area contributed by atoms with Crippen LogP contribution in [0.15, 0.2) is 97.7 Å². The number of nitrogens with zero attached hydrogens (tertiary/aromatic N) is 2. The lowest BCUT2D eigenvalue weighted by Gasteiger charge is -2.51. The molecule has 3 aliphatic heterocycles. The van der Waals surface area contributed by atoms with Crippen LogP contribution in [0.25, 0.3) is 32.4 Å². The number of rotatable bonds is 5. The van der Waals surface area contributed by atoms with Crippen LogP contribution in [-0.4, -0.2) is 34.1 Å². The highest BCUT2D eigenvalue weighted by atomic mass is 16.5. The molecule has 0 aliphatic carbocycles. The molecule has 5 atom stereocenters. The van der Waals surface area contributed by atoms with Gasteiger partial charge < -0.3 is 9.84 Å². The van der Waals surface area contributed by atoms with E-state index in [1.54, 1.807) is 6.07 Å². The van der Waals surface area contributed by atoms with Crippen molar-refractivity contribution in [1.29, 1.82) is 0 Å². The standard InChI is InChI=1S/C33H30N2O2/c1-2-21-20-35-16-14-22(21)17-31(35)33(28-13-15-34-30-12-11-24(36)19-29(28)30)37-32-18-23-7-3-4-8-25(23)26-9-5-6-10-27(26)32/h2-13,15,18-19,21-22,31,33,36H,1,14,16-17,20H2/t21-,22?,31-,33?/m0/s1. The van der Waals surface area contributed by atoms with Crippen molar-refractivity contribution in [3.05, 3.63) is 103 Å². The third kappa shape index (κ3) is 3.75. The maximum absolute atomic E-state index is 10.4. The van der Waals surface area contributed by atoms with Crippen LogP contribution in [0.1, 0.15) is 24.5 Å². The highest BCUT2D eigenvalue weighted by molar-refractivity contribution is 6.10. The van der Waals surface area contributed by atoms with Crippen LogP contribution < -0.4 is 4.74 Å². The van der Waals surface area contributed by atoms with Gasteiger partial charge in [0.25, 0.3) is 0 Å². The molecule has 37 heavy (non-hydrogen) atoms. The van der Waals surface area contributed by atoms with Crippen LogP contribution in [0.4, 0.5) is 0 Å². The fraction of sp³-hybridized carbons (Fsp3) is 0.242. The minimum absolute atomic E-state index is 0.203. The summed E-state index contributed by atoms with van der Waals surface area (Å²) in [6, 6.07) is 26.9. The average molecular weight is 487 g/mol.